The van der Waals surface area contributed by atoms with Gasteiger partial charge in [-0.25, -0.2) is 0 Å². The van der Waals surface area contributed by atoms with Gasteiger partial charge in [0.15, 0.2) is 0 Å². The molecular weight excluding hydrogens is 729 g/mol. The minimum Gasteiger partial charge on any atom is -0.258 e. The summed E-state index contributed by atoms with van der Waals surface area (Å²) >= 11 is 0. The van der Waals surface area contributed by atoms with Gasteiger partial charge in [-0.1, -0.05) is 53.7 Å². The molecule has 0 aliphatic rings. The molecule has 6 rings (SSSR count). The molecule has 4 aromatic heterocycles. The van der Waals surface area contributed by atoms with Gasteiger partial charge in [0.2, 0.25) is 0 Å². The molecular formula is C40H40IrN4-2. The molecule has 0 atom stereocenters. The van der Waals surface area contributed by atoms with E-state index in [9.17, 15) is 0 Å². The van der Waals surface area contributed by atoms with Crippen LogP contribution in [0.1, 0.15) is 52.7 Å². The molecule has 0 fully saturated rings. The molecule has 0 spiro atoms. The predicted molar refractivity (Wildman–Crippen MR) is 182 cm³/mol. The van der Waals surface area contributed by atoms with E-state index in [-0.39, 0.29) is 30.9 Å². The first-order valence-electron chi connectivity index (χ1n) is 14.8. The summed E-state index contributed by atoms with van der Waals surface area (Å²) in [5.74, 6) is 0. The maximum absolute atomic E-state index is 4.48. The minimum atomic E-state index is 0. The average molecular weight is 769 g/mol. The van der Waals surface area contributed by atoms with Crippen molar-refractivity contribution in [2.75, 3.05) is 0 Å². The molecule has 0 N–H and O–H groups in total. The second-order valence-corrected chi connectivity index (χ2v) is 12.4. The zero-order valence-corrected chi connectivity index (χ0v) is 29.2. The Hall–Kier alpha value is -4.31. The third-order valence-corrected chi connectivity index (χ3v) is 6.87. The number of hydrogen-bond donors (Lipinski definition) is 0. The number of rotatable bonds is 3. The van der Waals surface area contributed by atoms with Crippen molar-refractivity contribution in [3.05, 3.63) is 157 Å². The summed E-state index contributed by atoms with van der Waals surface area (Å²) in [6.45, 7) is 13.3. The quantitative estimate of drug-likeness (QED) is 0.168. The average Bonchev–Trinajstić information content (AvgIpc) is 3.06. The topological polar surface area (TPSA) is 51.6 Å². The van der Waals surface area contributed by atoms with E-state index in [1.54, 1.807) is 12.4 Å². The number of pyridine rings is 4. The number of aromatic nitrogens is 4. The molecule has 0 bridgehead atoms. The van der Waals surface area contributed by atoms with E-state index in [0.29, 0.717) is 0 Å². The van der Waals surface area contributed by atoms with Crippen LogP contribution >= 0.6 is 0 Å². The van der Waals surface area contributed by atoms with Crippen molar-refractivity contribution >= 4 is 0 Å². The molecule has 0 aliphatic carbocycles. The van der Waals surface area contributed by atoms with Crippen molar-refractivity contribution in [3.8, 4) is 33.9 Å². The Morgan fingerprint density at radius 1 is 0.422 bits per heavy atom. The first kappa shape index (κ1) is 35.2. The largest absolute Gasteiger partial charge is 0.258 e. The molecule has 1 radical (unpaired) electrons. The van der Waals surface area contributed by atoms with Gasteiger partial charge in [-0.3, -0.25) is 19.9 Å². The third kappa shape index (κ3) is 11.0. The van der Waals surface area contributed by atoms with E-state index in [2.05, 4.69) is 97.9 Å². The molecule has 0 saturated carbocycles. The van der Waals surface area contributed by atoms with Gasteiger partial charge in [-0.2, -0.15) is 60.7 Å². The van der Waals surface area contributed by atoms with Crippen LogP contribution in [0, 0.1) is 12.1 Å². The van der Waals surface area contributed by atoms with Crippen molar-refractivity contribution in [1.82, 2.24) is 19.9 Å². The summed E-state index contributed by atoms with van der Waals surface area (Å²) in [4.78, 5) is 17.4. The van der Waals surface area contributed by atoms with E-state index in [0.717, 1.165) is 33.9 Å². The Bertz CT molecular complexity index is 1490. The molecule has 5 heteroatoms. The molecule has 6 aromatic rings. The summed E-state index contributed by atoms with van der Waals surface area (Å²) in [5.41, 5.74) is 8.99. The van der Waals surface area contributed by atoms with Crippen LogP contribution in [0.4, 0.5) is 0 Å². The second kappa shape index (κ2) is 16.7. The van der Waals surface area contributed by atoms with E-state index in [1.807, 2.05) is 97.3 Å². The SMILES string of the molecule is CC(C)(C)c1ccnc(-c2cc(C(C)(C)C)ccn2)c1.[Ir].[c-]1ccc(-c2ccccn2)cc1.[c-]1ccc(-c2ccccn2)cc1. The first-order chi connectivity index (χ1) is 21.1. The summed E-state index contributed by atoms with van der Waals surface area (Å²) in [6, 6.07) is 41.8. The van der Waals surface area contributed by atoms with Crippen molar-refractivity contribution in [2.24, 2.45) is 0 Å². The second-order valence-electron chi connectivity index (χ2n) is 12.4. The van der Waals surface area contributed by atoms with Crippen molar-refractivity contribution < 1.29 is 20.1 Å². The zero-order valence-electron chi connectivity index (χ0n) is 26.8. The van der Waals surface area contributed by atoms with Crippen molar-refractivity contribution in [3.63, 3.8) is 0 Å². The van der Waals surface area contributed by atoms with E-state index in [1.165, 1.54) is 11.1 Å². The molecule has 4 heterocycles. The summed E-state index contributed by atoms with van der Waals surface area (Å²) in [6.07, 6.45) is 7.35. The zero-order chi connectivity index (χ0) is 31.4. The van der Waals surface area contributed by atoms with Crippen LogP contribution < -0.4 is 0 Å². The van der Waals surface area contributed by atoms with E-state index < -0.39 is 0 Å². The van der Waals surface area contributed by atoms with Gasteiger partial charge >= 0.3 is 0 Å². The number of nitrogens with zero attached hydrogens (tertiary/aromatic N) is 4. The summed E-state index contributed by atoms with van der Waals surface area (Å²) in [5, 5.41) is 0. The van der Waals surface area contributed by atoms with Crippen LogP contribution in [0.5, 0.6) is 0 Å². The maximum Gasteiger partial charge on any atom is 0.0889 e. The maximum atomic E-state index is 4.48. The molecule has 231 valence electrons. The number of hydrogen-bond acceptors (Lipinski definition) is 4. The Morgan fingerprint density at radius 3 is 1.09 bits per heavy atom. The predicted octanol–water partition coefficient (Wildman–Crippen LogP) is 9.83. The van der Waals surface area contributed by atoms with E-state index in [4.69, 9.17) is 0 Å². The van der Waals surface area contributed by atoms with Crippen LogP contribution in [0.3, 0.4) is 0 Å². The van der Waals surface area contributed by atoms with E-state index >= 15 is 0 Å². The normalized spacial score (nSPS) is 10.7. The third-order valence-electron chi connectivity index (χ3n) is 6.87. The molecule has 0 saturated heterocycles. The molecule has 0 unspecified atom stereocenters. The fourth-order valence-electron chi connectivity index (χ4n) is 4.26. The van der Waals surface area contributed by atoms with Gasteiger partial charge in [-0.05, 0) is 70.5 Å². The van der Waals surface area contributed by atoms with Crippen LogP contribution in [0.15, 0.2) is 134 Å². The van der Waals surface area contributed by atoms with Gasteiger partial charge in [0, 0.05) is 56.3 Å². The van der Waals surface area contributed by atoms with Gasteiger partial charge in [-0.15, -0.1) is 11.1 Å². The molecule has 2 aromatic carbocycles. The number of benzene rings is 2. The van der Waals surface area contributed by atoms with Crippen LogP contribution in [0.2, 0.25) is 0 Å². The molecule has 45 heavy (non-hydrogen) atoms. The van der Waals surface area contributed by atoms with Crippen LogP contribution in [0.25, 0.3) is 33.9 Å². The van der Waals surface area contributed by atoms with Gasteiger partial charge in [0.05, 0.1) is 11.4 Å². The van der Waals surface area contributed by atoms with Crippen molar-refractivity contribution in [1.29, 1.82) is 0 Å². The fourth-order valence-corrected chi connectivity index (χ4v) is 4.26. The molecule has 0 amide bonds. The van der Waals surface area contributed by atoms with Gasteiger partial charge in [0.1, 0.15) is 0 Å². The monoisotopic (exact) mass is 769 g/mol. The van der Waals surface area contributed by atoms with Crippen molar-refractivity contribution in [2.45, 2.75) is 52.4 Å². The minimum absolute atomic E-state index is 0. The summed E-state index contributed by atoms with van der Waals surface area (Å²) in [7, 11) is 0. The Labute approximate surface area is 282 Å². The Balaban J connectivity index is 0.000000191. The van der Waals surface area contributed by atoms with Crippen LogP contribution in [-0.4, -0.2) is 19.9 Å². The smallest absolute Gasteiger partial charge is 0.0889 e. The first-order valence-corrected chi connectivity index (χ1v) is 14.8. The molecule has 0 aliphatic heterocycles. The van der Waals surface area contributed by atoms with Crippen LogP contribution in [-0.2, 0) is 30.9 Å². The van der Waals surface area contributed by atoms with Gasteiger partial charge in [0.25, 0.3) is 0 Å². The Morgan fingerprint density at radius 2 is 0.778 bits per heavy atom. The Kier molecular flexibility index (Phi) is 13.0. The standard InChI is InChI=1S/C18H24N2.2C11H8N.Ir/c1-17(2,3)13-7-9-19-15(11-13)16-12-14(8-10-20-16)18(4,5)6;2*1-2-6-10(7-3-1)11-8-4-5-9-12-11;/h7-12H,1-6H3;2*2-9H;/q;2*-1;. The fraction of sp³-hybridized carbons (Fsp3) is 0.200. The van der Waals surface area contributed by atoms with Gasteiger partial charge < -0.3 is 0 Å². The molecule has 4 nitrogen and oxygen atoms in total. The summed E-state index contributed by atoms with van der Waals surface area (Å²) < 4.78 is 0.